The minimum absolute atomic E-state index is 0. The zero-order valence-electron chi connectivity index (χ0n) is 15.0. The molecule has 0 heterocycles. The summed E-state index contributed by atoms with van der Waals surface area (Å²) in [5.74, 6) is -1.69. The topological polar surface area (TPSA) is 126 Å². The molecule has 0 aromatic carbocycles. The predicted octanol–water partition coefficient (Wildman–Crippen LogP) is -0.847. The molecule has 0 fully saturated rings. The minimum atomic E-state index is -1.31. The average Bonchev–Trinajstić information content (AvgIpc) is 2.42. The largest absolute Gasteiger partial charge is 4.00 e. The van der Waals surface area contributed by atoms with Crippen LogP contribution >= 0.6 is 0 Å². The molecular formula is C16H32O6Ti. The number of ketones is 1. The number of rotatable bonds is 8. The van der Waals surface area contributed by atoms with Gasteiger partial charge in [0.1, 0.15) is 5.78 Å². The van der Waals surface area contributed by atoms with E-state index in [0.29, 0.717) is 0 Å². The quantitative estimate of drug-likeness (QED) is 0.406. The molecule has 0 rings (SSSR count). The molecule has 7 heteroatoms. The number of carbonyl (C=O) groups is 2. The van der Waals surface area contributed by atoms with Crippen LogP contribution in [0.3, 0.4) is 0 Å². The van der Waals surface area contributed by atoms with Crippen LogP contribution in [0.2, 0.25) is 0 Å². The molecule has 136 valence electrons. The number of carboxylic acid groups (broad SMARTS) is 1. The van der Waals surface area contributed by atoms with E-state index in [4.69, 9.17) is 0 Å². The van der Waals surface area contributed by atoms with Gasteiger partial charge in [-0.2, -0.15) is 0 Å². The van der Waals surface area contributed by atoms with Gasteiger partial charge in [0, 0.05) is 12.4 Å². The third-order valence-corrected chi connectivity index (χ3v) is 1.89. The minimum Gasteiger partial charge on any atom is -0.854 e. The molecule has 6 nitrogen and oxygen atoms in total. The number of hydrogen-bond donors (Lipinski definition) is 0. The van der Waals surface area contributed by atoms with E-state index in [0.717, 1.165) is 38.5 Å². The molecule has 0 atom stereocenters. The number of Topliss-reactive ketones (excluding diaryl/α,β-unsaturated/α-hetero) is 1. The molecule has 0 saturated heterocycles. The van der Waals surface area contributed by atoms with Crippen LogP contribution in [0.15, 0.2) is 0 Å². The summed E-state index contributed by atoms with van der Waals surface area (Å²) in [6.07, 6.45) is 5.12. The summed E-state index contributed by atoms with van der Waals surface area (Å²) >= 11 is 0. The van der Waals surface area contributed by atoms with Crippen LogP contribution in [-0.2, 0) is 31.3 Å². The standard InChI is InChI=1S/C4H6O3.3C4H9O.Ti/c1-3(5)2-4(6)7;3*1-2-3-4-5;/h2H2,1H3,(H,6,7);3*2-4H2,1H3;/q;3*-1;+4/p-1. The van der Waals surface area contributed by atoms with Gasteiger partial charge >= 0.3 is 21.7 Å². The molecule has 0 bridgehead atoms. The predicted molar refractivity (Wildman–Crippen MR) is 79.6 cm³/mol. The van der Waals surface area contributed by atoms with E-state index in [2.05, 4.69) is 0 Å². The molecule has 0 aliphatic carbocycles. The third-order valence-electron chi connectivity index (χ3n) is 1.89. The van der Waals surface area contributed by atoms with Gasteiger partial charge in [-0.1, -0.05) is 59.3 Å². The molecule has 0 unspecified atom stereocenters. The number of unbranched alkanes of at least 4 members (excludes halogenated alkanes) is 3. The fraction of sp³-hybridized carbons (Fsp3) is 0.875. The summed E-state index contributed by atoms with van der Waals surface area (Å²) in [4.78, 5) is 19.3. The number of carboxylic acids is 1. The Bertz CT molecular complexity index is 180. The van der Waals surface area contributed by atoms with Crippen molar-refractivity contribution in [1.29, 1.82) is 0 Å². The first-order valence-corrected chi connectivity index (χ1v) is 7.81. The second-order valence-corrected chi connectivity index (χ2v) is 4.42. The Balaban J connectivity index is -0.0000000625. The smallest absolute Gasteiger partial charge is 0.854 e. The summed E-state index contributed by atoms with van der Waals surface area (Å²) in [7, 11) is 0. The van der Waals surface area contributed by atoms with Crippen LogP contribution in [-0.4, -0.2) is 31.6 Å². The Morgan fingerprint density at radius 3 is 1.00 bits per heavy atom. The summed E-state index contributed by atoms with van der Waals surface area (Å²) in [5.41, 5.74) is 0. The molecule has 0 amide bonds. The summed E-state index contributed by atoms with van der Waals surface area (Å²) < 4.78 is 0. The monoisotopic (exact) mass is 368 g/mol. The van der Waals surface area contributed by atoms with Crippen molar-refractivity contribution in [3.63, 3.8) is 0 Å². The Morgan fingerprint density at radius 2 is 1.00 bits per heavy atom. The first kappa shape index (κ1) is 34.1. The van der Waals surface area contributed by atoms with E-state index in [1.165, 1.54) is 6.92 Å². The van der Waals surface area contributed by atoms with Crippen molar-refractivity contribution in [2.24, 2.45) is 0 Å². The molecule has 0 radical (unpaired) electrons. The van der Waals surface area contributed by atoms with E-state index >= 15 is 0 Å². The normalized spacial score (nSPS) is 7.96. The second kappa shape index (κ2) is 37.7. The van der Waals surface area contributed by atoms with Crippen molar-refractivity contribution < 1.29 is 51.7 Å². The van der Waals surface area contributed by atoms with E-state index < -0.39 is 12.4 Å². The molecule has 0 aromatic heterocycles. The average molecular weight is 368 g/mol. The maximum Gasteiger partial charge on any atom is 4.00 e. The molecular weight excluding hydrogens is 336 g/mol. The van der Waals surface area contributed by atoms with E-state index in [1.54, 1.807) is 0 Å². The summed E-state index contributed by atoms with van der Waals surface area (Å²) in [6.45, 7) is 7.52. The number of carbonyl (C=O) groups excluding carboxylic acids is 2. The van der Waals surface area contributed by atoms with Gasteiger partial charge in [-0.25, -0.2) is 0 Å². The van der Waals surface area contributed by atoms with Crippen molar-refractivity contribution in [3.05, 3.63) is 0 Å². The van der Waals surface area contributed by atoms with Crippen molar-refractivity contribution in [1.82, 2.24) is 0 Å². The fourth-order valence-electron chi connectivity index (χ4n) is 0.636. The maximum absolute atomic E-state index is 9.83. The Kier molecular flexibility index (Phi) is 56.0. The van der Waals surface area contributed by atoms with Gasteiger partial charge in [-0.3, -0.25) is 4.79 Å². The molecule has 0 saturated carbocycles. The molecule has 23 heavy (non-hydrogen) atoms. The van der Waals surface area contributed by atoms with Gasteiger partial charge in [0.25, 0.3) is 0 Å². The molecule has 0 aliphatic rings. The van der Waals surface area contributed by atoms with Crippen LogP contribution in [0.25, 0.3) is 0 Å². The van der Waals surface area contributed by atoms with Gasteiger partial charge in [-0.05, 0) is 6.92 Å². The van der Waals surface area contributed by atoms with Gasteiger partial charge in [-0.15, -0.1) is 19.8 Å². The Hall–Kier alpha value is -0.266. The van der Waals surface area contributed by atoms with Gasteiger partial charge in [0.05, 0.1) is 0 Å². The Morgan fingerprint density at radius 1 is 0.739 bits per heavy atom. The Labute approximate surface area is 156 Å². The summed E-state index contributed by atoms with van der Waals surface area (Å²) in [6, 6.07) is 0. The van der Waals surface area contributed by atoms with Crippen LogP contribution in [0.5, 0.6) is 0 Å². The summed E-state index contributed by atoms with van der Waals surface area (Å²) in [5, 5.41) is 38.1. The second-order valence-electron chi connectivity index (χ2n) is 4.42. The van der Waals surface area contributed by atoms with Gasteiger partial charge in [0.2, 0.25) is 0 Å². The van der Waals surface area contributed by atoms with Crippen LogP contribution in [0, 0.1) is 0 Å². The zero-order chi connectivity index (χ0) is 18.2. The van der Waals surface area contributed by atoms with Crippen molar-refractivity contribution >= 4 is 11.8 Å². The third kappa shape index (κ3) is 89.3. The number of aliphatic carboxylic acids is 1. The molecule has 0 aromatic rings. The van der Waals surface area contributed by atoms with Gasteiger partial charge in [0.15, 0.2) is 0 Å². The van der Waals surface area contributed by atoms with E-state index in [9.17, 15) is 30.0 Å². The van der Waals surface area contributed by atoms with Crippen LogP contribution in [0.4, 0.5) is 0 Å². The molecule has 0 spiro atoms. The SMILES string of the molecule is CC(=O)CC(=O)[O-].CCCC[O-].CCCC[O-].CCCC[O-].[Ti+4]. The van der Waals surface area contributed by atoms with Crippen LogP contribution in [0.1, 0.15) is 72.6 Å². The van der Waals surface area contributed by atoms with Crippen molar-refractivity contribution in [2.45, 2.75) is 72.6 Å². The zero-order valence-corrected chi connectivity index (χ0v) is 16.6. The first-order valence-electron chi connectivity index (χ1n) is 7.81. The van der Waals surface area contributed by atoms with Gasteiger partial charge < -0.3 is 25.2 Å². The van der Waals surface area contributed by atoms with Crippen molar-refractivity contribution in [2.75, 3.05) is 19.8 Å². The number of hydrogen-bond acceptors (Lipinski definition) is 6. The first-order chi connectivity index (χ1) is 10.4. The van der Waals surface area contributed by atoms with Crippen molar-refractivity contribution in [3.8, 4) is 0 Å². The maximum atomic E-state index is 9.83. The molecule has 0 aliphatic heterocycles. The van der Waals surface area contributed by atoms with Crippen LogP contribution < -0.4 is 20.4 Å². The van der Waals surface area contributed by atoms with E-state index in [1.807, 2.05) is 20.8 Å². The fourth-order valence-corrected chi connectivity index (χ4v) is 0.636. The van der Waals surface area contributed by atoms with E-state index in [-0.39, 0.29) is 47.3 Å². The molecule has 0 N–H and O–H groups in total.